The fourth-order valence-corrected chi connectivity index (χ4v) is 2.63. The number of ketones is 1. The van der Waals surface area contributed by atoms with Gasteiger partial charge in [-0.1, -0.05) is 0 Å². The molecule has 0 atom stereocenters. The van der Waals surface area contributed by atoms with E-state index in [1.807, 2.05) is 0 Å². The number of Topliss-reactive ketones (excluding diaryl/α,β-unsaturated/α-hetero) is 1. The number of nitrogens with zero attached hydrogens (tertiary/aromatic N) is 1. The minimum Gasteiger partial charge on any atom is -0.496 e. The first-order valence-electron chi connectivity index (χ1n) is 5.74. The molecule has 0 spiro atoms. The van der Waals surface area contributed by atoms with Crippen LogP contribution in [0, 0.1) is 0 Å². The second-order valence-electron chi connectivity index (χ2n) is 4.09. The van der Waals surface area contributed by atoms with Crippen molar-refractivity contribution in [3.63, 3.8) is 0 Å². The number of benzene rings is 1. The van der Waals surface area contributed by atoms with Gasteiger partial charge in [0.2, 0.25) is 0 Å². The number of aromatic nitrogens is 1. The van der Waals surface area contributed by atoms with Crippen molar-refractivity contribution in [2.75, 3.05) is 7.11 Å². The molecule has 2 aromatic rings. The van der Waals surface area contributed by atoms with Crippen molar-refractivity contribution < 1.29 is 9.53 Å². The van der Waals surface area contributed by atoms with E-state index in [-0.39, 0.29) is 17.9 Å². The van der Waals surface area contributed by atoms with Gasteiger partial charge in [-0.3, -0.25) is 9.59 Å². The third-order valence-electron chi connectivity index (χ3n) is 2.74. The minimum absolute atomic E-state index is 0.00293. The molecule has 0 N–H and O–H groups in total. The fraction of sp³-hybridized carbons (Fsp3) is 0.143. The summed E-state index contributed by atoms with van der Waals surface area (Å²) in [7, 11) is 1.56. The summed E-state index contributed by atoms with van der Waals surface area (Å²) in [5.41, 5.74) is 0.304. The molecule has 0 saturated heterocycles. The van der Waals surface area contributed by atoms with Crippen LogP contribution in [0.2, 0.25) is 0 Å². The van der Waals surface area contributed by atoms with Crippen LogP contribution >= 0.6 is 31.9 Å². The third-order valence-corrected chi connectivity index (χ3v) is 3.82. The van der Waals surface area contributed by atoms with E-state index in [2.05, 4.69) is 31.9 Å². The van der Waals surface area contributed by atoms with Crippen molar-refractivity contribution in [1.82, 2.24) is 4.57 Å². The maximum absolute atomic E-state index is 12.2. The van der Waals surface area contributed by atoms with Gasteiger partial charge in [-0.25, -0.2) is 0 Å². The van der Waals surface area contributed by atoms with E-state index >= 15 is 0 Å². The zero-order valence-corrected chi connectivity index (χ0v) is 13.8. The summed E-state index contributed by atoms with van der Waals surface area (Å²) in [6.07, 6.45) is 1.60. The molecule has 4 nitrogen and oxygen atoms in total. The second kappa shape index (κ2) is 6.37. The van der Waals surface area contributed by atoms with Gasteiger partial charge in [0, 0.05) is 22.3 Å². The standard InChI is InChI=1S/C14H11Br2NO3/c1-20-13-4-2-9(6-11(13)16)12(18)8-17-7-10(15)3-5-14(17)19/h2-7H,8H2,1H3. The number of ether oxygens (including phenoxy) is 1. The molecule has 0 aliphatic rings. The zero-order valence-electron chi connectivity index (χ0n) is 10.6. The first kappa shape index (κ1) is 15.0. The van der Waals surface area contributed by atoms with Gasteiger partial charge in [0.05, 0.1) is 18.1 Å². The molecule has 104 valence electrons. The summed E-state index contributed by atoms with van der Waals surface area (Å²) in [4.78, 5) is 23.9. The van der Waals surface area contributed by atoms with Gasteiger partial charge in [-0.2, -0.15) is 0 Å². The van der Waals surface area contributed by atoms with E-state index < -0.39 is 0 Å². The molecule has 20 heavy (non-hydrogen) atoms. The Labute approximate surface area is 132 Å². The van der Waals surface area contributed by atoms with E-state index in [0.717, 1.165) is 4.47 Å². The Morgan fingerprint density at radius 3 is 2.65 bits per heavy atom. The molecule has 2 rings (SSSR count). The highest BCUT2D eigenvalue weighted by Gasteiger charge is 2.10. The maximum Gasteiger partial charge on any atom is 0.251 e. The Morgan fingerprint density at radius 1 is 1.25 bits per heavy atom. The quantitative estimate of drug-likeness (QED) is 0.740. The molecule has 1 aromatic carbocycles. The zero-order chi connectivity index (χ0) is 14.7. The predicted molar refractivity (Wildman–Crippen MR) is 83.4 cm³/mol. The minimum atomic E-state index is -0.214. The molecular formula is C14H11Br2NO3. The van der Waals surface area contributed by atoms with Crippen LogP contribution in [0.15, 0.2) is 50.3 Å². The largest absolute Gasteiger partial charge is 0.496 e. The van der Waals surface area contributed by atoms with E-state index in [1.54, 1.807) is 37.6 Å². The topological polar surface area (TPSA) is 48.3 Å². The molecule has 0 amide bonds. The van der Waals surface area contributed by atoms with E-state index in [0.29, 0.717) is 15.8 Å². The van der Waals surface area contributed by atoms with Crippen molar-refractivity contribution in [3.8, 4) is 5.75 Å². The predicted octanol–water partition coefficient (Wildman–Crippen LogP) is 3.26. The lowest BCUT2D eigenvalue weighted by Crippen LogP contribution is -2.23. The van der Waals surface area contributed by atoms with Crippen LogP contribution in [0.3, 0.4) is 0 Å². The Bertz CT molecular complexity index is 710. The number of methoxy groups -OCH3 is 1. The molecule has 0 radical (unpaired) electrons. The average molecular weight is 401 g/mol. The van der Waals surface area contributed by atoms with Gasteiger partial charge in [0.15, 0.2) is 5.78 Å². The summed E-state index contributed by atoms with van der Waals surface area (Å²) in [6.45, 7) is -0.00293. The molecule has 1 heterocycles. The number of rotatable bonds is 4. The summed E-state index contributed by atoms with van der Waals surface area (Å²) in [6, 6.07) is 8.13. The molecule has 1 aromatic heterocycles. The van der Waals surface area contributed by atoms with E-state index in [4.69, 9.17) is 4.74 Å². The van der Waals surface area contributed by atoms with Crippen LogP contribution in [0.25, 0.3) is 0 Å². The smallest absolute Gasteiger partial charge is 0.251 e. The number of hydrogen-bond donors (Lipinski definition) is 0. The number of halogens is 2. The Hall–Kier alpha value is -1.40. The Kier molecular flexibility index (Phi) is 4.77. The van der Waals surface area contributed by atoms with Crippen LogP contribution in [0.5, 0.6) is 5.75 Å². The first-order valence-corrected chi connectivity index (χ1v) is 7.32. The monoisotopic (exact) mass is 399 g/mol. The number of hydrogen-bond acceptors (Lipinski definition) is 3. The van der Waals surface area contributed by atoms with Crippen LogP contribution in [-0.4, -0.2) is 17.5 Å². The number of carbonyl (C=O) groups excluding carboxylic acids is 1. The molecule has 0 saturated carbocycles. The van der Waals surface area contributed by atoms with Crippen molar-refractivity contribution >= 4 is 37.6 Å². The molecule has 0 bridgehead atoms. The fourth-order valence-electron chi connectivity index (χ4n) is 1.71. The van der Waals surface area contributed by atoms with E-state index in [1.165, 1.54) is 10.6 Å². The molecule has 0 aliphatic heterocycles. The van der Waals surface area contributed by atoms with Crippen molar-refractivity contribution in [2.24, 2.45) is 0 Å². The van der Waals surface area contributed by atoms with E-state index in [9.17, 15) is 9.59 Å². The van der Waals surface area contributed by atoms with Gasteiger partial charge in [0.25, 0.3) is 5.56 Å². The van der Waals surface area contributed by atoms with Crippen molar-refractivity contribution in [2.45, 2.75) is 6.54 Å². The summed E-state index contributed by atoms with van der Waals surface area (Å²) >= 11 is 6.61. The second-order valence-corrected chi connectivity index (χ2v) is 5.86. The number of pyridine rings is 1. The van der Waals surface area contributed by atoms with Crippen LogP contribution in [0.4, 0.5) is 0 Å². The van der Waals surface area contributed by atoms with Crippen LogP contribution < -0.4 is 10.3 Å². The Morgan fingerprint density at radius 2 is 2.00 bits per heavy atom. The highest BCUT2D eigenvalue weighted by molar-refractivity contribution is 9.10. The highest BCUT2D eigenvalue weighted by atomic mass is 79.9. The average Bonchev–Trinajstić information content (AvgIpc) is 2.42. The third kappa shape index (κ3) is 3.37. The van der Waals surface area contributed by atoms with Gasteiger partial charge < -0.3 is 9.30 Å². The highest BCUT2D eigenvalue weighted by Crippen LogP contribution is 2.25. The summed E-state index contributed by atoms with van der Waals surface area (Å²) < 4.78 is 7.93. The van der Waals surface area contributed by atoms with Gasteiger partial charge in [0.1, 0.15) is 5.75 Å². The van der Waals surface area contributed by atoms with Crippen molar-refractivity contribution in [3.05, 3.63) is 61.4 Å². The lowest BCUT2D eigenvalue weighted by Gasteiger charge is -2.07. The Balaban J connectivity index is 2.26. The maximum atomic E-state index is 12.2. The summed E-state index contributed by atoms with van der Waals surface area (Å²) in [5, 5.41) is 0. The van der Waals surface area contributed by atoms with Gasteiger partial charge >= 0.3 is 0 Å². The SMILES string of the molecule is COc1ccc(C(=O)Cn2cc(Br)ccc2=O)cc1Br. The molecule has 0 fully saturated rings. The van der Waals surface area contributed by atoms with Gasteiger partial charge in [-0.15, -0.1) is 0 Å². The van der Waals surface area contributed by atoms with Crippen LogP contribution in [0.1, 0.15) is 10.4 Å². The van der Waals surface area contributed by atoms with Gasteiger partial charge in [-0.05, 0) is 56.1 Å². The first-order chi connectivity index (χ1) is 9.51. The number of carbonyl (C=O) groups is 1. The van der Waals surface area contributed by atoms with Crippen LogP contribution in [-0.2, 0) is 6.54 Å². The van der Waals surface area contributed by atoms with Crippen molar-refractivity contribution in [1.29, 1.82) is 0 Å². The normalized spacial score (nSPS) is 10.3. The summed E-state index contributed by atoms with van der Waals surface area (Å²) in [5.74, 6) is 0.509. The molecule has 0 aliphatic carbocycles. The lowest BCUT2D eigenvalue weighted by molar-refractivity contribution is 0.0970. The molecule has 6 heteroatoms. The lowest BCUT2D eigenvalue weighted by atomic mass is 10.1. The molecular weight excluding hydrogens is 390 g/mol. The molecule has 0 unspecified atom stereocenters.